The molecule has 122 valence electrons. The van der Waals surface area contributed by atoms with E-state index in [0.29, 0.717) is 17.3 Å². The van der Waals surface area contributed by atoms with E-state index >= 15 is 0 Å². The van der Waals surface area contributed by atoms with Gasteiger partial charge in [-0.15, -0.1) is 11.3 Å². The van der Waals surface area contributed by atoms with Crippen LogP contribution < -0.4 is 0 Å². The van der Waals surface area contributed by atoms with Crippen LogP contribution in [0, 0.1) is 6.92 Å². The van der Waals surface area contributed by atoms with Crippen LogP contribution in [0.15, 0.2) is 30.7 Å². The highest BCUT2D eigenvalue weighted by Gasteiger charge is 2.30. The number of nitrogens with zero attached hydrogens (tertiary/aromatic N) is 5. The van der Waals surface area contributed by atoms with Gasteiger partial charge in [0.15, 0.2) is 0 Å². The Balaban J connectivity index is 1.48. The summed E-state index contributed by atoms with van der Waals surface area (Å²) in [5, 5.41) is 15.7. The highest BCUT2D eigenvalue weighted by molar-refractivity contribution is 7.11. The molecule has 3 aromatic heterocycles. The predicted octanol–water partition coefficient (Wildman–Crippen LogP) is 2.26. The average Bonchev–Trinajstić information content (AvgIpc) is 3.35. The number of carbonyl (C=O) groups excluding carboxylic acids is 1. The van der Waals surface area contributed by atoms with Gasteiger partial charge in [0.05, 0.1) is 23.1 Å². The number of nitrogens with one attached hydrogen (secondary N) is 1. The molecule has 3 aromatic rings. The summed E-state index contributed by atoms with van der Waals surface area (Å²) in [4.78, 5) is 20.1. The Morgan fingerprint density at radius 2 is 2.29 bits per heavy atom. The molecule has 0 bridgehead atoms. The Kier molecular flexibility index (Phi) is 3.81. The summed E-state index contributed by atoms with van der Waals surface area (Å²) >= 11 is 1.71. The van der Waals surface area contributed by atoms with E-state index < -0.39 is 0 Å². The van der Waals surface area contributed by atoms with Gasteiger partial charge in [-0.2, -0.15) is 15.3 Å². The van der Waals surface area contributed by atoms with E-state index in [1.807, 2.05) is 24.1 Å². The van der Waals surface area contributed by atoms with Crippen molar-refractivity contribution in [3.05, 3.63) is 46.3 Å². The molecule has 1 saturated heterocycles. The molecule has 1 fully saturated rings. The molecule has 1 amide bonds. The molecule has 0 aromatic carbocycles. The van der Waals surface area contributed by atoms with Crippen molar-refractivity contribution in [3.63, 3.8) is 0 Å². The zero-order valence-electron chi connectivity index (χ0n) is 13.1. The average molecular weight is 340 g/mol. The largest absolute Gasteiger partial charge is 0.337 e. The lowest BCUT2D eigenvalue weighted by atomic mass is 10.1. The number of aryl methyl sites for hydroxylation is 1. The number of carbonyl (C=O) groups is 1. The molecule has 0 spiro atoms. The number of amides is 1. The fourth-order valence-corrected chi connectivity index (χ4v) is 3.85. The van der Waals surface area contributed by atoms with Gasteiger partial charge in [0.1, 0.15) is 5.69 Å². The topological polar surface area (TPSA) is 87.7 Å². The second-order valence-electron chi connectivity index (χ2n) is 5.82. The number of aromatic amines is 1. The zero-order valence-corrected chi connectivity index (χ0v) is 14.0. The maximum absolute atomic E-state index is 12.7. The molecule has 1 aliphatic rings. The van der Waals surface area contributed by atoms with Crippen molar-refractivity contribution in [2.24, 2.45) is 0 Å². The third-order valence-corrected chi connectivity index (χ3v) is 5.28. The van der Waals surface area contributed by atoms with E-state index in [0.717, 1.165) is 30.1 Å². The first-order chi connectivity index (χ1) is 11.7. The molecule has 24 heavy (non-hydrogen) atoms. The normalized spacial score (nSPS) is 17.4. The van der Waals surface area contributed by atoms with Crippen LogP contribution in [-0.4, -0.2) is 49.3 Å². The van der Waals surface area contributed by atoms with Crippen molar-refractivity contribution in [1.82, 2.24) is 30.3 Å². The first-order valence-corrected chi connectivity index (χ1v) is 8.56. The van der Waals surface area contributed by atoms with E-state index in [-0.39, 0.29) is 5.91 Å². The van der Waals surface area contributed by atoms with Gasteiger partial charge in [-0.1, -0.05) is 0 Å². The van der Waals surface area contributed by atoms with Gasteiger partial charge in [-0.05, 0) is 25.5 Å². The molecule has 0 aliphatic carbocycles. The van der Waals surface area contributed by atoms with E-state index in [2.05, 4.69) is 25.4 Å². The minimum absolute atomic E-state index is 0.0143. The third kappa shape index (κ3) is 2.80. The number of aromatic nitrogens is 5. The maximum atomic E-state index is 12.7. The molecule has 1 N–H and O–H groups in total. The van der Waals surface area contributed by atoms with Crippen molar-refractivity contribution in [2.75, 3.05) is 13.1 Å². The second kappa shape index (κ2) is 6.12. The summed E-state index contributed by atoms with van der Waals surface area (Å²) in [5.74, 6) is 0.367. The lowest BCUT2D eigenvalue weighted by Gasteiger charge is -2.14. The summed E-state index contributed by atoms with van der Waals surface area (Å²) in [6.45, 7) is 3.49. The fourth-order valence-electron chi connectivity index (χ4n) is 2.94. The predicted molar refractivity (Wildman–Crippen MR) is 89.7 cm³/mol. The summed E-state index contributed by atoms with van der Waals surface area (Å²) in [6.07, 6.45) is 6.14. The van der Waals surface area contributed by atoms with Crippen molar-refractivity contribution < 1.29 is 4.79 Å². The van der Waals surface area contributed by atoms with Crippen molar-refractivity contribution in [1.29, 1.82) is 0 Å². The van der Waals surface area contributed by atoms with Crippen LogP contribution in [0.3, 0.4) is 0 Å². The Hall–Kier alpha value is -2.61. The molecule has 7 nitrogen and oxygen atoms in total. The standard InChI is InChI=1S/C16H16N6OS/c1-10-17-8-15(24-10)12-3-5-22(9-12)16(23)14-6-13(20-21-14)11-2-4-18-19-7-11/h2,4,6-8,12H,3,5,9H2,1H3,(H,20,21). The van der Waals surface area contributed by atoms with Crippen LogP contribution in [0.4, 0.5) is 0 Å². The first kappa shape index (κ1) is 14.9. The van der Waals surface area contributed by atoms with Gasteiger partial charge in [0, 0.05) is 35.6 Å². The van der Waals surface area contributed by atoms with Crippen LogP contribution in [-0.2, 0) is 0 Å². The van der Waals surface area contributed by atoms with Crippen molar-refractivity contribution in [3.8, 4) is 11.3 Å². The molecule has 8 heteroatoms. The summed E-state index contributed by atoms with van der Waals surface area (Å²) < 4.78 is 0. The van der Waals surface area contributed by atoms with Crippen molar-refractivity contribution in [2.45, 2.75) is 19.3 Å². The number of hydrogen-bond donors (Lipinski definition) is 1. The molecular weight excluding hydrogens is 324 g/mol. The molecule has 0 saturated carbocycles. The van der Waals surface area contributed by atoms with Gasteiger partial charge >= 0.3 is 0 Å². The van der Waals surface area contributed by atoms with Gasteiger partial charge in [-0.25, -0.2) is 4.98 Å². The fraction of sp³-hybridized carbons (Fsp3) is 0.312. The Labute approximate surface area is 142 Å². The highest BCUT2D eigenvalue weighted by atomic mass is 32.1. The number of likely N-dealkylation sites (tertiary alicyclic amines) is 1. The van der Waals surface area contributed by atoms with E-state index in [1.165, 1.54) is 4.88 Å². The Bertz CT molecular complexity index is 858. The number of H-pyrrole nitrogens is 1. The van der Waals surface area contributed by atoms with Crippen LogP contribution in [0.2, 0.25) is 0 Å². The van der Waals surface area contributed by atoms with Crippen LogP contribution in [0.1, 0.15) is 32.7 Å². The van der Waals surface area contributed by atoms with Gasteiger partial charge < -0.3 is 4.90 Å². The van der Waals surface area contributed by atoms with Crippen LogP contribution in [0.25, 0.3) is 11.3 Å². The lowest BCUT2D eigenvalue weighted by molar-refractivity contribution is 0.0785. The number of rotatable bonds is 3. The first-order valence-electron chi connectivity index (χ1n) is 7.75. The molecule has 0 radical (unpaired) electrons. The zero-order chi connectivity index (χ0) is 16.5. The summed E-state index contributed by atoms with van der Waals surface area (Å²) in [7, 11) is 0. The summed E-state index contributed by atoms with van der Waals surface area (Å²) in [5.41, 5.74) is 2.03. The van der Waals surface area contributed by atoms with Gasteiger partial charge in [-0.3, -0.25) is 9.89 Å². The van der Waals surface area contributed by atoms with E-state index in [1.54, 1.807) is 29.8 Å². The van der Waals surface area contributed by atoms with Gasteiger partial charge in [0.2, 0.25) is 0 Å². The molecule has 4 heterocycles. The lowest BCUT2D eigenvalue weighted by Crippen LogP contribution is -2.28. The second-order valence-corrected chi connectivity index (χ2v) is 7.08. The third-order valence-electron chi connectivity index (χ3n) is 4.21. The quantitative estimate of drug-likeness (QED) is 0.790. The van der Waals surface area contributed by atoms with E-state index in [9.17, 15) is 4.79 Å². The van der Waals surface area contributed by atoms with Crippen molar-refractivity contribution >= 4 is 17.2 Å². The smallest absolute Gasteiger partial charge is 0.271 e. The maximum Gasteiger partial charge on any atom is 0.271 e. The molecule has 1 aliphatic heterocycles. The number of hydrogen-bond acceptors (Lipinski definition) is 6. The molecule has 4 rings (SSSR count). The van der Waals surface area contributed by atoms with Crippen LogP contribution in [0.5, 0.6) is 0 Å². The molecular formula is C16H16N6OS. The highest BCUT2D eigenvalue weighted by Crippen LogP contribution is 2.31. The minimum atomic E-state index is -0.0143. The SMILES string of the molecule is Cc1ncc(C2CCN(C(=O)c3cc(-c4ccnnc4)n[nH]3)C2)s1. The minimum Gasteiger partial charge on any atom is -0.337 e. The Morgan fingerprint density at radius 1 is 1.38 bits per heavy atom. The van der Waals surface area contributed by atoms with Gasteiger partial charge in [0.25, 0.3) is 5.91 Å². The van der Waals surface area contributed by atoms with E-state index in [4.69, 9.17) is 0 Å². The number of thiazole rings is 1. The Morgan fingerprint density at radius 3 is 3.04 bits per heavy atom. The monoisotopic (exact) mass is 340 g/mol. The summed E-state index contributed by atoms with van der Waals surface area (Å²) in [6, 6.07) is 3.58. The van der Waals surface area contributed by atoms with Crippen LogP contribution >= 0.6 is 11.3 Å². The molecule has 1 unspecified atom stereocenters. The molecule has 1 atom stereocenters.